The van der Waals surface area contributed by atoms with Crippen LogP contribution in [0.2, 0.25) is 0 Å². The molecule has 0 bridgehead atoms. The number of piperidine rings is 1. The van der Waals surface area contributed by atoms with Crippen LogP contribution in [0.1, 0.15) is 36.4 Å². The van der Waals surface area contributed by atoms with Gasteiger partial charge in [-0.05, 0) is 30.5 Å². The molecule has 1 unspecified atom stereocenters. The van der Waals surface area contributed by atoms with E-state index in [1.165, 1.54) is 5.56 Å². The lowest BCUT2D eigenvalue weighted by Crippen LogP contribution is -2.53. The number of rotatable bonds is 3. The summed E-state index contributed by atoms with van der Waals surface area (Å²) >= 11 is 0. The molecule has 1 aromatic heterocycles. The Bertz CT molecular complexity index is 693. The molecule has 1 aromatic carbocycles. The standard InChI is InChI=1S/C20H23N3O/c24-19-14-18(16-6-2-1-3-7-16)20(22-19)9-12-23(13-10-20)15-17-8-4-5-11-21-17/h1-8,11,18H,9-10,12-15H2,(H,22,24). The smallest absolute Gasteiger partial charge is 0.221 e. The lowest BCUT2D eigenvalue weighted by molar-refractivity contribution is -0.120. The average molecular weight is 321 g/mol. The summed E-state index contributed by atoms with van der Waals surface area (Å²) in [4.78, 5) is 19.0. The van der Waals surface area contributed by atoms with Crippen LogP contribution in [0.3, 0.4) is 0 Å². The SMILES string of the molecule is O=C1CC(c2ccccc2)C2(CCN(Cc3ccccn3)CC2)N1. The molecule has 1 spiro atoms. The molecule has 2 aromatic rings. The Labute approximate surface area is 142 Å². The summed E-state index contributed by atoms with van der Waals surface area (Å²) in [7, 11) is 0. The van der Waals surface area contributed by atoms with Crippen LogP contribution >= 0.6 is 0 Å². The second-order valence-corrected chi connectivity index (χ2v) is 6.97. The van der Waals surface area contributed by atoms with E-state index in [0.29, 0.717) is 12.3 Å². The molecule has 2 aliphatic heterocycles. The zero-order chi connectivity index (χ0) is 16.4. The minimum Gasteiger partial charge on any atom is -0.350 e. The van der Waals surface area contributed by atoms with Gasteiger partial charge in [0, 0.05) is 43.7 Å². The van der Waals surface area contributed by atoms with E-state index in [1.54, 1.807) is 0 Å². The number of benzene rings is 1. The highest BCUT2D eigenvalue weighted by Gasteiger charge is 2.48. The van der Waals surface area contributed by atoms with Crippen LogP contribution in [-0.2, 0) is 11.3 Å². The number of likely N-dealkylation sites (tertiary alicyclic amines) is 1. The fraction of sp³-hybridized carbons (Fsp3) is 0.400. The second-order valence-electron chi connectivity index (χ2n) is 6.97. The van der Waals surface area contributed by atoms with Crippen molar-refractivity contribution < 1.29 is 4.79 Å². The van der Waals surface area contributed by atoms with Gasteiger partial charge in [0.25, 0.3) is 0 Å². The van der Waals surface area contributed by atoms with Gasteiger partial charge in [-0.25, -0.2) is 0 Å². The first kappa shape index (κ1) is 15.3. The third-order valence-electron chi connectivity index (χ3n) is 5.51. The molecule has 0 radical (unpaired) electrons. The van der Waals surface area contributed by atoms with Crippen LogP contribution in [0.25, 0.3) is 0 Å². The summed E-state index contributed by atoms with van der Waals surface area (Å²) in [5.74, 6) is 0.491. The molecule has 4 rings (SSSR count). The van der Waals surface area contributed by atoms with Gasteiger partial charge >= 0.3 is 0 Å². The van der Waals surface area contributed by atoms with Crippen molar-refractivity contribution >= 4 is 5.91 Å². The maximum absolute atomic E-state index is 12.1. The molecule has 4 nitrogen and oxygen atoms in total. The Morgan fingerprint density at radius 3 is 2.54 bits per heavy atom. The zero-order valence-corrected chi connectivity index (χ0v) is 13.8. The third-order valence-corrected chi connectivity index (χ3v) is 5.51. The predicted molar refractivity (Wildman–Crippen MR) is 93.4 cm³/mol. The number of hydrogen-bond acceptors (Lipinski definition) is 3. The number of nitrogens with one attached hydrogen (secondary N) is 1. The lowest BCUT2D eigenvalue weighted by Gasteiger charge is -2.43. The average Bonchev–Trinajstić information content (AvgIpc) is 2.95. The normalized spacial score (nSPS) is 23.3. The highest BCUT2D eigenvalue weighted by atomic mass is 16.2. The fourth-order valence-electron chi connectivity index (χ4n) is 4.22. The monoisotopic (exact) mass is 321 g/mol. The summed E-state index contributed by atoms with van der Waals surface area (Å²) in [5, 5.41) is 3.32. The highest BCUT2D eigenvalue weighted by molar-refractivity contribution is 5.81. The van der Waals surface area contributed by atoms with Crippen LogP contribution in [0.4, 0.5) is 0 Å². The number of carbonyl (C=O) groups excluding carboxylic acids is 1. The van der Waals surface area contributed by atoms with Crippen molar-refractivity contribution in [1.29, 1.82) is 0 Å². The van der Waals surface area contributed by atoms with E-state index in [2.05, 4.69) is 45.5 Å². The van der Waals surface area contributed by atoms with Gasteiger partial charge in [-0.3, -0.25) is 14.7 Å². The van der Waals surface area contributed by atoms with Gasteiger partial charge in [0.1, 0.15) is 0 Å². The number of hydrogen-bond donors (Lipinski definition) is 1. The number of amides is 1. The predicted octanol–water partition coefficient (Wildman–Crippen LogP) is 2.72. The summed E-state index contributed by atoms with van der Waals surface area (Å²) < 4.78 is 0. The lowest BCUT2D eigenvalue weighted by atomic mass is 9.74. The summed E-state index contributed by atoms with van der Waals surface area (Å²) in [6, 6.07) is 16.6. The van der Waals surface area contributed by atoms with E-state index in [0.717, 1.165) is 38.2 Å². The molecule has 1 atom stereocenters. The highest BCUT2D eigenvalue weighted by Crippen LogP contribution is 2.43. The molecule has 2 aliphatic rings. The molecule has 1 amide bonds. The molecule has 0 aliphatic carbocycles. The zero-order valence-electron chi connectivity index (χ0n) is 13.8. The van der Waals surface area contributed by atoms with Gasteiger partial charge in [-0.1, -0.05) is 36.4 Å². The summed E-state index contributed by atoms with van der Waals surface area (Å²) in [6.07, 6.45) is 4.48. The van der Waals surface area contributed by atoms with E-state index < -0.39 is 0 Å². The molecule has 0 saturated carbocycles. The topological polar surface area (TPSA) is 45.2 Å². The summed E-state index contributed by atoms with van der Waals surface area (Å²) in [6.45, 7) is 2.89. The number of nitrogens with zero attached hydrogens (tertiary/aromatic N) is 2. The molecule has 2 saturated heterocycles. The molecule has 4 heteroatoms. The molecule has 124 valence electrons. The van der Waals surface area contributed by atoms with Crippen molar-refractivity contribution in [1.82, 2.24) is 15.2 Å². The minimum atomic E-state index is -0.0704. The van der Waals surface area contributed by atoms with Crippen molar-refractivity contribution in [2.24, 2.45) is 0 Å². The van der Waals surface area contributed by atoms with Crippen LogP contribution in [0.15, 0.2) is 54.7 Å². The summed E-state index contributed by atoms with van der Waals surface area (Å²) in [5.41, 5.74) is 2.33. The van der Waals surface area contributed by atoms with Gasteiger partial charge in [-0.2, -0.15) is 0 Å². The van der Waals surface area contributed by atoms with E-state index >= 15 is 0 Å². The van der Waals surface area contributed by atoms with Gasteiger partial charge in [-0.15, -0.1) is 0 Å². The van der Waals surface area contributed by atoms with Gasteiger partial charge < -0.3 is 5.32 Å². The van der Waals surface area contributed by atoms with Gasteiger partial charge in [0.05, 0.1) is 5.69 Å². The Morgan fingerprint density at radius 1 is 1.08 bits per heavy atom. The number of aromatic nitrogens is 1. The van der Waals surface area contributed by atoms with Crippen molar-refractivity contribution in [3.63, 3.8) is 0 Å². The Balaban J connectivity index is 1.47. The number of carbonyl (C=O) groups is 1. The number of pyridine rings is 1. The minimum absolute atomic E-state index is 0.0704. The van der Waals surface area contributed by atoms with E-state index in [4.69, 9.17) is 0 Å². The maximum Gasteiger partial charge on any atom is 0.221 e. The molecular formula is C20H23N3O. The van der Waals surface area contributed by atoms with Gasteiger partial charge in [0.2, 0.25) is 5.91 Å². The van der Waals surface area contributed by atoms with Crippen LogP contribution in [0.5, 0.6) is 0 Å². The molecule has 3 heterocycles. The first-order valence-electron chi connectivity index (χ1n) is 8.73. The molecular weight excluding hydrogens is 298 g/mol. The molecule has 2 fully saturated rings. The quantitative estimate of drug-likeness (QED) is 0.945. The Morgan fingerprint density at radius 2 is 1.83 bits per heavy atom. The molecule has 1 N–H and O–H groups in total. The maximum atomic E-state index is 12.1. The largest absolute Gasteiger partial charge is 0.350 e. The van der Waals surface area contributed by atoms with E-state index in [9.17, 15) is 4.79 Å². The van der Waals surface area contributed by atoms with Crippen molar-refractivity contribution in [3.05, 3.63) is 66.0 Å². The van der Waals surface area contributed by atoms with Crippen LogP contribution < -0.4 is 5.32 Å². The van der Waals surface area contributed by atoms with E-state index in [1.807, 2.05) is 24.4 Å². The first-order chi connectivity index (χ1) is 11.8. The Hall–Kier alpha value is -2.20. The van der Waals surface area contributed by atoms with Crippen LogP contribution in [-0.4, -0.2) is 34.4 Å². The second kappa shape index (κ2) is 6.36. The fourth-order valence-corrected chi connectivity index (χ4v) is 4.22. The van der Waals surface area contributed by atoms with Crippen molar-refractivity contribution in [3.8, 4) is 0 Å². The van der Waals surface area contributed by atoms with Crippen molar-refractivity contribution in [2.75, 3.05) is 13.1 Å². The Kier molecular flexibility index (Phi) is 4.07. The first-order valence-corrected chi connectivity index (χ1v) is 8.73. The molecule has 24 heavy (non-hydrogen) atoms. The van der Waals surface area contributed by atoms with Crippen LogP contribution in [0, 0.1) is 0 Å². The third kappa shape index (κ3) is 2.94. The van der Waals surface area contributed by atoms with Crippen molar-refractivity contribution in [2.45, 2.75) is 37.3 Å². The van der Waals surface area contributed by atoms with Gasteiger partial charge in [0.15, 0.2) is 0 Å². The van der Waals surface area contributed by atoms with E-state index in [-0.39, 0.29) is 11.4 Å².